The number of rotatable bonds is 3. The number of hydrogen-bond donors (Lipinski definition) is 0. The standard InChI is InChI=1S/C18H27N3O3S/c1-13-5-7-16(9-14(13)2)18(22)21-11-15-6-8-17(21)12-20(10-15)25(23,24)19(3)4/h5,7,9,15,17H,6,8,10-12H2,1-4H3/t15-,17+/m0/s1. The molecule has 3 heterocycles. The van der Waals surface area contributed by atoms with Crippen LogP contribution in [-0.4, -0.2) is 67.6 Å². The number of carbonyl (C=O) groups excluding carboxylic acids is 1. The van der Waals surface area contributed by atoms with E-state index in [-0.39, 0.29) is 17.9 Å². The van der Waals surface area contributed by atoms with Crippen molar-refractivity contribution < 1.29 is 13.2 Å². The molecule has 138 valence electrons. The van der Waals surface area contributed by atoms with E-state index < -0.39 is 10.2 Å². The Morgan fingerprint density at radius 3 is 2.44 bits per heavy atom. The summed E-state index contributed by atoms with van der Waals surface area (Å²) in [5.41, 5.74) is 2.96. The highest BCUT2D eigenvalue weighted by atomic mass is 32.2. The third kappa shape index (κ3) is 3.45. The first kappa shape index (κ1) is 18.4. The fourth-order valence-electron chi connectivity index (χ4n) is 3.75. The number of hydrogen-bond acceptors (Lipinski definition) is 3. The summed E-state index contributed by atoms with van der Waals surface area (Å²) < 4.78 is 27.9. The van der Waals surface area contributed by atoms with Gasteiger partial charge in [-0.25, -0.2) is 0 Å². The molecule has 7 heteroatoms. The number of amides is 1. The number of fused-ring (bicyclic) bond motifs is 4. The molecular formula is C18H27N3O3S. The van der Waals surface area contributed by atoms with E-state index >= 15 is 0 Å². The van der Waals surface area contributed by atoms with Crippen LogP contribution < -0.4 is 0 Å². The predicted molar refractivity (Wildman–Crippen MR) is 97.6 cm³/mol. The van der Waals surface area contributed by atoms with Gasteiger partial charge < -0.3 is 4.90 Å². The monoisotopic (exact) mass is 365 g/mol. The summed E-state index contributed by atoms with van der Waals surface area (Å²) in [5.74, 6) is 0.214. The Morgan fingerprint density at radius 1 is 1.08 bits per heavy atom. The van der Waals surface area contributed by atoms with Crippen molar-refractivity contribution >= 4 is 16.1 Å². The van der Waals surface area contributed by atoms with E-state index in [1.165, 1.54) is 4.31 Å². The van der Waals surface area contributed by atoms with Crippen LogP contribution in [0.3, 0.4) is 0 Å². The average Bonchev–Trinajstić information content (AvgIpc) is 2.89. The molecule has 25 heavy (non-hydrogen) atoms. The van der Waals surface area contributed by atoms with Gasteiger partial charge in [-0.3, -0.25) is 4.79 Å². The van der Waals surface area contributed by atoms with Gasteiger partial charge in [0, 0.05) is 45.3 Å². The number of piperidine rings is 1. The molecule has 2 bridgehead atoms. The highest BCUT2D eigenvalue weighted by Gasteiger charge is 2.41. The maximum absolute atomic E-state index is 13.0. The van der Waals surface area contributed by atoms with E-state index in [9.17, 15) is 13.2 Å². The third-order valence-electron chi connectivity index (χ3n) is 5.48. The van der Waals surface area contributed by atoms with Gasteiger partial charge in [-0.1, -0.05) is 6.07 Å². The van der Waals surface area contributed by atoms with Gasteiger partial charge in [0.05, 0.1) is 0 Å². The quantitative estimate of drug-likeness (QED) is 0.818. The molecule has 1 aromatic carbocycles. The summed E-state index contributed by atoms with van der Waals surface area (Å²) in [6.07, 6.45) is 1.83. The summed E-state index contributed by atoms with van der Waals surface area (Å²) in [5, 5.41) is 0. The molecule has 4 rings (SSSR count). The fourth-order valence-corrected chi connectivity index (χ4v) is 4.97. The Bertz CT molecular complexity index is 776. The van der Waals surface area contributed by atoms with E-state index in [0.717, 1.165) is 24.0 Å². The molecule has 0 unspecified atom stereocenters. The molecule has 0 aromatic heterocycles. The summed E-state index contributed by atoms with van der Waals surface area (Å²) in [7, 11) is -0.335. The molecule has 0 radical (unpaired) electrons. The van der Waals surface area contributed by atoms with Crippen molar-refractivity contribution in [3.05, 3.63) is 34.9 Å². The topological polar surface area (TPSA) is 60.9 Å². The van der Waals surface area contributed by atoms with E-state index in [2.05, 4.69) is 0 Å². The summed E-state index contributed by atoms with van der Waals surface area (Å²) in [6.45, 7) is 5.55. The second kappa shape index (κ2) is 6.70. The molecule has 3 saturated heterocycles. The van der Waals surface area contributed by atoms with Crippen LogP contribution in [0.25, 0.3) is 0 Å². The second-order valence-electron chi connectivity index (χ2n) is 7.46. The highest BCUT2D eigenvalue weighted by Crippen LogP contribution is 2.31. The normalized spacial score (nSPS) is 24.6. The molecular weight excluding hydrogens is 338 g/mol. The second-order valence-corrected chi connectivity index (χ2v) is 9.60. The van der Waals surface area contributed by atoms with Gasteiger partial charge in [0.25, 0.3) is 16.1 Å². The van der Waals surface area contributed by atoms with Crippen molar-refractivity contribution in [1.82, 2.24) is 13.5 Å². The lowest BCUT2D eigenvalue weighted by Gasteiger charge is -2.36. The Labute approximate surface area is 150 Å². The zero-order chi connectivity index (χ0) is 18.4. The fraction of sp³-hybridized carbons (Fsp3) is 0.611. The molecule has 6 nitrogen and oxygen atoms in total. The molecule has 1 aromatic rings. The summed E-state index contributed by atoms with van der Waals surface area (Å²) in [4.78, 5) is 14.9. The van der Waals surface area contributed by atoms with Gasteiger partial charge in [0.15, 0.2) is 0 Å². The Morgan fingerprint density at radius 2 is 1.80 bits per heavy atom. The van der Waals surface area contributed by atoms with Gasteiger partial charge in [-0.05, 0) is 55.9 Å². The van der Waals surface area contributed by atoms with Crippen molar-refractivity contribution in [2.75, 3.05) is 33.7 Å². The molecule has 3 aliphatic heterocycles. The Balaban J connectivity index is 1.85. The van der Waals surface area contributed by atoms with Crippen LogP contribution in [0, 0.1) is 19.8 Å². The minimum absolute atomic E-state index is 0.0156. The lowest BCUT2D eigenvalue weighted by molar-refractivity contribution is 0.0588. The largest absolute Gasteiger partial charge is 0.334 e. The van der Waals surface area contributed by atoms with E-state index in [1.54, 1.807) is 18.4 Å². The Hall–Kier alpha value is -1.44. The molecule has 0 spiro atoms. The summed E-state index contributed by atoms with van der Waals surface area (Å²) >= 11 is 0. The first-order chi connectivity index (χ1) is 11.7. The smallest absolute Gasteiger partial charge is 0.281 e. The number of nitrogens with zero attached hydrogens (tertiary/aromatic N) is 3. The first-order valence-electron chi connectivity index (χ1n) is 8.76. The third-order valence-corrected chi connectivity index (χ3v) is 7.36. The molecule has 0 saturated carbocycles. The van der Waals surface area contributed by atoms with Crippen molar-refractivity contribution in [1.29, 1.82) is 0 Å². The molecule has 0 N–H and O–H groups in total. The number of aryl methyl sites for hydroxylation is 2. The number of benzene rings is 1. The highest BCUT2D eigenvalue weighted by molar-refractivity contribution is 7.86. The summed E-state index contributed by atoms with van der Waals surface area (Å²) in [6, 6.07) is 5.73. The minimum atomic E-state index is -3.45. The van der Waals surface area contributed by atoms with Gasteiger partial charge in [-0.15, -0.1) is 0 Å². The van der Waals surface area contributed by atoms with Crippen LogP contribution in [0.2, 0.25) is 0 Å². The van der Waals surface area contributed by atoms with E-state index in [0.29, 0.717) is 25.2 Å². The van der Waals surface area contributed by atoms with Crippen molar-refractivity contribution in [3.8, 4) is 0 Å². The van der Waals surface area contributed by atoms with Crippen molar-refractivity contribution in [2.45, 2.75) is 32.7 Å². The molecule has 3 fully saturated rings. The zero-order valence-corrected chi connectivity index (χ0v) is 16.2. The van der Waals surface area contributed by atoms with E-state index in [4.69, 9.17) is 0 Å². The van der Waals surface area contributed by atoms with Crippen molar-refractivity contribution in [3.63, 3.8) is 0 Å². The van der Waals surface area contributed by atoms with Gasteiger partial charge in [-0.2, -0.15) is 17.0 Å². The lowest BCUT2D eigenvalue weighted by atomic mass is 9.94. The number of carbonyl (C=O) groups is 1. The predicted octanol–water partition coefficient (Wildman–Crippen LogP) is 1.65. The minimum Gasteiger partial charge on any atom is -0.334 e. The molecule has 1 amide bonds. The van der Waals surface area contributed by atoms with Gasteiger partial charge in [0.1, 0.15) is 0 Å². The van der Waals surface area contributed by atoms with E-state index in [1.807, 2.05) is 36.9 Å². The Kier molecular flexibility index (Phi) is 4.92. The van der Waals surface area contributed by atoms with Crippen LogP contribution in [-0.2, 0) is 10.2 Å². The first-order valence-corrected chi connectivity index (χ1v) is 10.2. The average molecular weight is 365 g/mol. The maximum Gasteiger partial charge on any atom is 0.281 e. The van der Waals surface area contributed by atoms with Crippen LogP contribution >= 0.6 is 0 Å². The lowest BCUT2D eigenvalue weighted by Crippen LogP contribution is -2.48. The van der Waals surface area contributed by atoms with Gasteiger partial charge >= 0.3 is 0 Å². The van der Waals surface area contributed by atoms with Crippen LogP contribution in [0.15, 0.2) is 18.2 Å². The molecule has 3 aliphatic rings. The van der Waals surface area contributed by atoms with Crippen LogP contribution in [0.4, 0.5) is 0 Å². The van der Waals surface area contributed by atoms with Crippen molar-refractivity contribution in [2.24, 2.45) is 5.92 Å². The molecule has 2 atom stereocenters. The SMILES string of the molecule is Cc1ccc(C(=O)N2C[C@H]3CC[C@@H]2CN(S(=O)(=O)N(C)C)C3)cc1C. The van der Waals surface area contributed by atoms with Crippen LogP contribution in [0.5, 0.6) is 0 Å². The zero-order valence-electron chi connectivity index (χ0n) is 15.4. The van der Waals surface area contributed by atoms with Gasteiger partial charge in [0.2, 0.25) is 0 Å². The molecule has 0 aliphatic carbocycles. The van der Waals surface area contributed by atoms with Crippen LogP contribution in [0.1, 0.15) is 34.3 Å². The maximum atomic E-state index is 13.0.